The minimum Gasteiger partial charge on any atom is -0.380 e. The maximum atomic E-state index is 11.6. The predicted molar refractivity (Wildman–Crippen MR) is 76.7 cm³/mol. The molecule has 6 nitrogen and oxygen atoms in total. The molecule has 0 spiro atoms. The van der Waals surface area contributed by atoms with Gasteiger partial charge in [0.2, 0.25) is 5.91 Å². The lowest BCUT2D eigenvalue weighted by Gasteiger charge is -2.17. The highest BCUT2D eigenvalue weighted by atomic mass is 16.6. The zero-order chi connectivity index (χ0) is 14.7. The van der Waals surface area contributed by atoms with Crippen molar-refractivity contribution in [3.05, 3.63) is 33.9 Å². The number of carbonyl (C=O) groups is 1. The number of nitrogens with zero attached hydrogens (tertiary/aromatic N) is 2. The van der Waals surface area contributed by atoms with Gasteiger partial charge >= 0.3 is 0 Å². The number of nitrogens with one attached hydrogen (secondary N) is 1. The third-order valence-corrected chi connectivity index (χ3v) is 3.61. The summed E-state index contributed by atoms with van der Waals surface area (Å²) in [6, 6.07) is 5.23. The largest absolute Gasteiger partial charge is 0.380 e. The Morgan fingerprint density at radius 3 is 2.90 bits per heavy atom. The summed E-state index contributed by atoms with van der Waals surface area (Å²) in [5.41, 5.74) is 1.63. The van der Waals surface area contributed by atoms with E-state index < -0.39 is 0 Å². The van der Waals surface area contributed by atoms with Crippen molar-refractivity contribution >= 4 is 17.3 Å². The van der Waals surface area contributed by atoms with Crippen LogP contribution in [0, 0.1) is 17.0 Å². The van der Waals surface area contributed by atoms with Crippen LogP contribution in [0.2, 0.25) is 0 Å². The summed E-state index contributed by atoms with van der Waals surface area (Å²) in [5.74, 6) is 0.175. The first-order valence-electron chi connectivity index (χ1n) is 6.80. The number of nitro benzene ring substituents is 1. The van der Waals surface area contributed by atoms with E-state index >= 15 is 0 Å². The van der Waals surface area contributed by atoms with Crippen LogP contribution in [0.5, 0.6) is 0 Å². The molecule has 0 aliphatic carbocycles. The normalized spacial score (nSPS) is 18.1. The number of carbonyl (C=O) groups excluding carboxylic acids is 1. The molecule has 1 atom stereocenters. The maximum Gasteiger partial charge on any atom is 0.272 e. The molecule has 20 heavy (non-hydrogen) atoms. The standard InChI is InChI=1S/C14H19N3O3/c1-3-14(18)16-7-6-12(9-16)15-11-4-5-13(17(19)20)10(2)8-11/h4-5,8,12,15H,3,6-7,9H2,1-2H3/t12-/m1/s1. The Kier molecular flexibility index (Phi) is 4.22. The monoisotopic (exact) mass is 277 g/mol. The van der Waals surface area contributed by atoms with Crippen molar-refractivity contribution in [1.82, 2.24) is 4.90 Å². The Morgan fingerprint density at radius 2 is 2.30 bits per heavy atom. The van der Waals surface area contributed by atoms with Crippen LogP contribution in [0.25, 0.3) is 0 Å². The molecule has 0 bridgehead atoms. The number of rotatable bonds is 4. The van der Waals surface area contributed by atoms with Gasteiger partial charge in [0.15, 0.2) is 0 Å². The van der Waals surface area contributed by atoms with Crippen LogP contribution in [0.15, 0.2) is 18.2 Å². The minimum atomic E-state index is -0.379. The number of benzene rings is 1. The molecule has 1 N–H and O–H groups in total. The lowest BCUT2D eigenvalue weighted by molar-refractivity contribution is -0.385. The van der Waals surface area contributed by atoms with Crippen LogP contribution in [0.4, 0.5) is 11.4 Å². The summed E-state index contributed by atoms with van der Waals surface area (Å²) >= 11 is 0. The Morgan fingerprint density at radius 1 is 1.55 bits per heavy atom. The molecule has 0 saturated carbocycles. The van der Waals surface area contributed by atoms with Gasteiger partial charge in [-0.1, -0.05) is 6.92 Å². The van der Waals surface area contributed by atoms with E-state index in [2.05, 4.69) is 5.32 Å². The molecule has 1 amide bonds. The highest BCUT2D eigenvalue weighted by molar-refractivity contribution is 5.76. The van der Waals surface area contributed by atoms with Crippen LogP contribution in [0.1, 0.15) is 25.3 Å². The van der Waals surface area contributed by atoms with E-state index in [1.54, 1.807) is 19.1 Å². The van der Waals surface area contributed by atoms with Gasteiger partial charge in [-0.15, -0.1) is 0 Å². The Hall–Kier alpha value is -2.11. The Bertz CT molecular complexity index is 530. The van der Waals surface area contributed by atoms with Crippen LogP contribution in [-0.4, -0.2) is 34.9 Å². The number of aryl methyl sites for hydroxylation is 1. The molecule has 1 aliphatic heterocycles. The van der Waals surface area contributed by atoms with Crippen LogP contribution >= 0.6 is 0 Å². The van der Waals surface area contributed by atoms with Gasteiger partial charge < -0.3 is 10.2 Å². The quantitative estimate of drug-likeness (QED) is 0.677. The molecule has 1 aliphatic rings. The fourth-order valence-corrected chi connectivity index (χ4v) is 2.51. The average Bonchev–Trinajstić information content (AvgIpc) is 2.86. The van der Waals surface area contributed by atoms with Crippen molar-refractivity contribution in [1.29, 1.82) is 0 Å². The summed E-state index contributed by atoms with van der Waals surface area (Å²) in [4.78, 5) is 23.9. The molecule has 1 aromatic carbocycles. The lowest BCUT2D eigenvalue weighted by atomic mass is 10.1. The fraction of sp³-hybridized carbons (Fsp3) is 0.500. The zero-order valence-electron chi connectivity index (χ0n) is 11.8. The molecule has 0 unspecified atom stereocenters. The van der Waals surface area contributed by atoms with Gasteiger partial charge in [-0.05, 0) is 25.5 Å². The van der Waals surface area contributed by atoms with Gasteiger partial charge in [0.25, 0.3) is 5.69 Å². The van der Waals surface area contributed by atoms with Gasteiger partial charge in [-0.25, -0.2) is 0 Å². The van der Waals surface area contributed by atoms with E-state index in [0.29, 0.717) is 18.5 Å². The van der Waals surface area contributed by atoms with Crippen molar-refractivity contribution in [3.63, 3.8) is 0 Å². The van der Waals surface area contributed by atoms with Crippen molar-refractivity contribution < 1.29 is 9.72 Å². The second-order valence-corrected chi connectivity index (χ2v) is 5.08. The fourth-order valence-electron chi connectivity index (χ4n) is 2.51. The van der Waals surface area contributed by atoms with Crippen LogP contribution < -0.4 is 5.32 Å². The average molecular weight is 277 g/mol. The number of nitro groups is 1. The zero-order valence-corrected chi connectivity index (χ0v) is 11.8. The summed E-state index contributed by atoms with van der Waals surface area (Å²) < 4.78 is 0. The molecule has 1 fully saturated rings. The van der Waals surface area contributed by atoms with Gasteiger partial charge in [0.05, 0.1) is 4.92 Å². The van der Waals surface area contributed by atoms with Crippen molar-refractivity contribution in [2.24, 2.45) is 0 Å². The molecular weight excluding hydrogens is 258 g/mol. The molecule has 6 heteroatoms. The second kappa shape index (κ2) is 5.90. The summed E-state index contributed by atoms with van der Waals surface area (Å²) in [7, 11) is 0. The van der Waals surface area contributed by atoms with Crippen LogP contribution in [0.3, 0.4) is 0 Å². The summed E-state index contributed by atoms with van der Waals surface area (Å²) in [6.07, 6.45) is 1.44. The number of likely N-dealkylation sites (tertiary alicyclic amines) is 1. The Balaban J connectivity index is 2.00. The molecule has 0 radical (unpaired) electrons. The highest BCUT2D eigenvalue weighted by Gasteiger charge is 2.25. The molecule has 2 rings (SSSR count). The topological polar surface area (TPSA) is 75.5 Å². The number of anilines is 1. The van der Waals surface area contributed by atoms with Crippen LogP contribution in [-0.2, 0) is 4.79 Å². The van der Waals surface area contributed by atoms with E-state index in [0.717, 1.165) is 18.7 Å². The smallest absolute Gasteiger partial charge is 0.272 e. The molecule has 1 aromatic rings. The number of amides is 1. The van der Waals surface area contributed by atoms with Gasteiger partial charge in [-0.2, -0.15) is 0 Å². The number of hydrogen-bond acceptors (Lipinski definition) is 4. The van der Waals surface area contributed by atoms with Crippen molar-refractivity contribution in [2.75, 3.05) is 18.4 Å². The first-order valence-corrected chi connectivity index (χ1v) is 6.80. The molecule has 1 saturated heterocycles. The molecule has 1 heterocycles. The third-order valence-electron chi connectivity index (χ3n) is 3.61. The van der Waals surface area contributed by atoms with Gasteiger partial charge in [0, 0.05) is 42.9 Å². The van der Waals surface area contributed by atoms with Gasteiger partial charge in [0.1, 0.15) is 0 Å². The molecular formula is C14H19N3O3. The number of hydrogen-bond donors (Lipinski definition) is 1. The van der Waals surface area contributed by atoms with E-state index in [4.69, 9.17) is 0 Å². The van der Waals surface area contributed by atoms with E-state index in [1.807, 2.05) is 11.8 Å². The van der Waals surface area contributed by atoms with Crippen molar-refractivity contribution in [3.8, 4) is 0 Å². The lowest BCUT2D eigenvalue weighted by Crippen LogP contribution is -2.30. The molecule has 108 valence electrons. The summed E-state index contributed by atoms with van der Waals surface area (Å²) in [5, 5.41) is 14.1. The minimum absolute atomic E-state index is 0.129. The second-order valence-electron chi connectivity index (χ2n) is 5.08. The first-order chi connectivity index (χ1) is 9.51. The Labute approximate surface area is 117 Å². The maximum absolute atomic E-state index is 11.6. The first kappa shape index (κ1) is 14.3. The van der Waals surface area contributed by atoms with Crippen molar-refractivity contribution in [2.45, 2.75) is 32.7 Å². The molecule has 0 aromatic heterocycles. The third kappa shape index (κ3) is 3.07. The SMILES string of the molecule is CCC(=O)N1CC[C@@H](Nc2ccc([N+](=O)[O-])c(C)c2)C1. The predicted octanol–water partition coefficient (Wildman–Crippen LogP) is 2.33. The summed E-state index contributed by atoms with van der Waals surface area (Å²) in [6.45, 7) is 5.06. The van der Waals surface area contributed by atoms with E-state index in [9.17, 15) is 14.9 Å². The van der Waals surface area contributed by atoms with Gasteiger partial charge in [-0.3, -0.25) is 14.9 Å². The van der Waals surface area contributed by atoms with E-state index in [-0.39, 0.29) is 22.6 Å². The highest BCUT2D eigenvalue weighted by Crippen LogP contribution is 2.23. The van der Waals surface area contributed by atoms with E-state index in [1.165, 1.54) is 6.07 Å².